The lowest BCUT2D eigenvalue weighted by atomic mass is 10.3. The van der Waals surface area contributed by atoms with Gasteiger partial charge in [-0.15, -0.1) is 0 Å². The predicted molar refractivity (Wildman–Crippen MR) is 78.5 cm³/mol. The molecule has 2 N–H and O–H groups in total. The van der Waals surface area contributed by atoms with E-state index in [0.717, 1.165) is 39.3 Å². The first kappa shape index (κ1) is 15.6. The smallest absolute Gasteiger partial charge is 0.277 e. The Morgan fingerprint density at radius 2 is 1.90 bits per heavy atom. The van der Waals surface area contributed by atoms with Crippen LogP contribution in [0.1, 0.15) is 10.4 Å². The fraction of sp³-hybridized carbons (Fsp3) is 0.615. The van der Waals surface area contributed by atoms with Crippen molar-refractivity contribution in [2.45, 2.75) is 0 Å². The molecular weight excluding hydrogens is 272 g/mol. The maximum absolute atomic E-state index is 11.2. The maximum atomic E-state index is 11.2. The van der Waals surface area contributed by atoms with E-state index in [1.54, 1.807) is 5.48 Å². The van der Waals surface area contributed by atoms with E-state index in [9.17, 15) is 4.79 Å². The average molecular weight is 294 g/mol. The Hall–Kier alpha value is -1.77. The largest absolute Gasteiger partial charge is 0.338 e. The Kier molecular flexibility index (Phi) is 5.43. The number of hydrogen-bond acceptors (Lipinski definition) is 7. The summed E-state index contributed by atoms with van der Waals surface area (Å²) >= 11 is 0. The highest BCUT2D eigenvalue weighted by Crippen LogP contribution is 2.10. The second kappa shape index (κ2) is 7.30. The zero-order chi connectivity index (χ0) is 15.2. The normalized spacial score (nSPS) is 16.3. The van der Waals surface area contributed by atoms with E-state index in [1.807, 2.05) is 0 Å². The molecule has 116 valence electrons. The molecule has 1 amide bonds. The Morgan fingerprint density at radius 1 is 1.29 bits per heavy atom. The number of likely N-dealkylation sites (N-methyl/N-ethyl adjacent to an activating group) is 1. The number of amides is 1. The fourth-order valence-electron chi connectivity index (χ4n) is 2.18. The highest BCUT2D eigenvalue weighted by atomic mass is 16.5. The van der Waals surface area contributed by atoms with E-state index in [4.69, 9.17) is 5.21 Å². The van der Waals surface area contributed by atoms with E-state index < -0.39 is 5.91 Å². The van der Waals surface area contributed by atoms with Crippen molar-refractivity contribution in [1.29, 1.82) is 0 Å². The van der Waals surface area contributed by atoms with Crippen molar-refractivity contribution in [2.75, 3.05) is 58.3 Å². The lowest BCUT2D eigenvalue weighted by molar-refractivity contribution is 0.0705. The zero-order valence-corrected chi connectivity index (χ0v) is 12.5. The Morgan fingerprint density at radius 3 is 2.43 bits per heavy atom. The van der Waals surface area contributed by atoms with Crippen LogP contribution in [0.25, 0.3) is 0 Å². The molecule has 0 unspecified atom stereocenters. The Bertz CT molecular complexity index is 456. The van der Waals surface area contributed by atoms with Gasteiger partial charge in [-0.1, -0.05) is 0 Å². The first-order valence-electron chi connectivity index (χ1n) is 6.98. The van der Waals surface area contributed by atoms with Gasteiger partial charge in [-0.05, 0) is 14.1 Å². The summed E-state index contributed by atoms with van der Waals surface area (Å²) in [7, 11) is 4.16. The van der Waals surface area contributed by atoms with Crippen molar-refractivity contribution in [3.63, 3.8) is 0 Å². The molecule has 1 saturated heterocycles. The van der Waals surface area contributed by atoms with E-state index in [-0.39, 0.29) is 5.56 Å². The van der Waals surface area contributed by atoms with Gasteiger partial charge in [0.1, 0.15) is 0 Å². The molecule has 1 fully saturated rings. The molecule has 1 aromatic rings. The second-order valence-corrected chi connectivity index (χ2v) is 5.34. The topological polar surface area (TPSA) is 84.8 Å². The number of hydrogen-bond donors (Lipinski definition) is 2. The number of carbonyl (C=O) groups is 1. The number of rotatable bonds is 5. The van der Waals surface area contributed by atoms with Gasteiger partial charge in [-0.25, -0.2) is 15.4 Å². The molecule has 0 aromatic carbocycles. The summed E-state index contributed by atoms with van der Waals surface area (Å²) in [6, 6.07) is 0. The summed E-state index contributed by atoms with van der Waals surface area (Å²) in [5, 5.41) is 8.55. The molecule has 0 bridgehead atoms. The number of nitrogens with one attached hydrogen (secondary N) is 1. The molecule has 1 aliphatic rings. The van der Waals surface area contributed by atoms with Crippen molar-refractivity contribution >= 4 is 11.9 Å². The van der Waals surface area contributed by atoms with Crippen LogP contribution in [-0.4, -0.2) is 84.2 Å². The number of piperazine rings is 1. The second-order valence-electron chi connectivity index (χ2n) is 5.34. The summed E-state index contributed by atoms with van der Waals surface area (Å²) in [5.41, 5.74) is 1.81. The van der Waals surface area contributed by atoms with Crippen molar-refractivity contribution in [1.82, 2.24) is 25.2 Å². The van der Waals surface area contributed by atoms with Gasteiger partial charge >= 0.3 is 0 Å². The van der Waals surface area contributed by atoms with E-state index >= 15 is 0 Å². The Balaban J connectivity index is 1.86. The monoisotopic (exact) mass is 294 g/mol. The minimum absolute atomic E-state index is 0.242. The molecule has 0 saturated carbocycles. The van der Waals surface area contributed by atoms with Gasteiger partial charge < -0.3 is 9.80 Å². The van der Waals surface area contributed by atoms with Crippen LogP contribution in [-0.2, 0) is 0 Å². The number of anilines is 1. The average Bonchev–Trinajstić information content (AvgIpc) is 2.53. The van der Waals surface area contributed by atoms with Gasteiger partial charge in [0.2, 0.25) is 5.95 Å². The van der Waals surface area contributed by atoms with Crippen LogP contribution in [0.15, 0.2) is 12.4 Å². The number of carbonyl (C=O) groups excluding carboxylic acids is 1. The third kappa shape index (κ3) is 4.35. The molecule has 0 atom stereocenters. The lowest BCUT2D eigenvalue weighted by Crippen LogP contribution is -2.48. The van der Waals surface area contributed by atoms with Crippen LogP contribution in [0.4, 0.5) is 5.95 Å². The first-order valence-corrected chi connectivity index (χ1v) is 6.98. The fourth-order valence-corrected chi connectivity index (χ4v) is 2.18. The number of hydroxylamine groups is 1. The van der Waals surface area contributed by atoms with Crippen LogP contribution in [0.3, 0.4) is 0 Å². The molecular formula is C13H22N6O2. The van der Waals surface area contributed by atoms with Crippen LogP contribution in [0.5, 0.6) is 0 Å². The quantitative estimate of drug-likeness (QED) is 0.547. The predicted octanol–water partition coefficient (Wildman–Crippen LogP) is -0.721. The molecule has 2 rings (SSSR count). The molecule has 21 heavy (non-hydrogen) atoms. The van der Waals surface area contributed by atoms with Crippen molar-refractivity contribution < 1.29 is 10.0 Å². The van der Waals surface area contributed by atoms with Crippen molar-refractivity contribution in [3.8, 4) is 0 Å². The summed E-state index contributed by atoms with van der Waals surface area (Å²) in [4.78, 5) is 26.3. The highest BCUT2D eigenvalue weighted by Gasteiger charge is 2.19. The summed E-state index contributed by atoms with van der Waals surface area (Å²) in [6.07, 6.45) is 2.85. The minimum atomic E-state index is -0.602. The van der Waals surface area contributed by atoms with Crippen LogP contribution in [0.2, 0.25) is 0 Å². The molecule has 8 nitrogen and oxygen atoms in total. The van der Waals surface area contributed by atoms with Crippen LogP contribution in [0, 0.1) is 0 Å². The van der Waals surface area contributed by atoms with Crippen LogP contribution < -0.4 is 10.4 Å². The third-order valence-electron chi connectivity index (χ3n) is 3.52. The summed E-state index contributed by atoms with van der Waals surface area (Å²) in [5.74, 6) is 0.0202. The van der Waals surface area contributed by atoms with Crippen molar-refractivity contribution in [3.05, 3.63) is 18.0 Å². The summed E-state index contributed by atoms with van der Waals surface area (Å²) < 4.78 is 0. The third-order valence-corrected chi connectivity index (χ3v) is 3.52. The summed E-state index contributed by atoms with van der Waals surface area (Å²) in [6.45, 7) is 5.84. The molecule has 0 aliphatic carbocycles. The molecule has 0 spiro atoms. The van der Waals surface area contributed by atoms with Gasteiger partial charge in [-0.3, -0.25) is 14.9 Å². The zero-order valence-electron chi connectivity index (χ0n) is 12.5. The number of aromatic nitrogens is 2. The van der Waals surface area contributed by atoms with Gasteiger partial charge in [0.25, 0.3) is 5.91 Å². The van der Waals surface area contributed by atoms with Crippen LogP contribution >= 0.6 is 0 Å². The van der Waals surface area contributed by atoms with Gasteiger partial charge in [-0.2, -0.15) is 0 Å². The maximum Gasteiger partial charge on any atom is 0.277 e. The molecule has 2 heterocycles. The molecule has 0 radical (unpaired) electrons. The first-order chi connectivity index (χ1) is 10.1. The van der Waals surface area contributed by atoms with Gasteiger partial charge in [0.15, 0.2) is 0 Å². The standard InChI is InChI=1S/C13H22N6O2/c1-17(2)3-4-18-5-7-19(8-6-18)13-14-9-11(10-15-13)12(20)16-21/h9-10,21H,3-8H2,1-2H3,(H,16,20). The minimum Gasteiger partial charge on any atom is -0.338 e. The van der Waals surface area contributed by atoms with E-state index in [0.29, 0.717) is 5.95 Å². The number of nitrogens with zero attached hydrogens (tertiary/aromatic N) is 5. The lowest BCUT2D eigenvalue weighted by Gasteiger charge is -2.35. The van der Waals surface area contributed by atoms with Gasteiger partial charge in [0, 0.05) is 51.7 Å². The molecule has 1 aromatic heterocycles. The Labute approximate surface area is 124 Å². The van der Waals surface area contributed by atoms with E-state index in [1.165, 1.54) is 12.4 Å². The van der Waals surface area contributed by atoms with Gasteiger partial charge in [0.05, 0.1) is 5.56 Å². The van der Waals surface area contributed by atoms with E-state index in [2.05, 4.69) is 38.8 Å². The molecule has 8 heteroatoms. The molecule has 1 aliphatic heterocycles. The highest BCUT2D eigenvalue weighted by molar-refractivity contribution is 5.92. The SMILES string of the molecule is CN(C)CCN1CCN(c2ncc(C(=O)NO)cn2)CC1. The van der Waals surface area contributed by atoms with Crippen molar-refractivity contribution in [2.24, 2.45) is 0 Å².